The van der Waals surface area contributed by atoms with Gasteiger partial charge in [0.1, 0.15) is 18.1 Å². The third kappa shape index (κ3) is 8.50. The molecule has 0 aliphatic heterocycles. The number of carbonyl (C=O) groups excluding carboxylic acids is 1. The molecular weight excluding hydrogens is 388 g/mol. The van der Waals surface area contributed by atoms with Gasteiger partial charge in [-0.25, -0.2) is 0 Å². The molecule has 0 radical (unpaired) electrons. The Bertz CT molecular complexity index is 794. The Morgan fingerprint density at radius 1 is 1.07 bits per heavy atom. The van der Waals surface area contributed by atoms with Gasteiger partial charge < -0.3 is 19.5 Å². The number of carbonyl (C=O) groups is 1. The van der Waals surface area contributed by atoms with Crippen LogP contribution in [0.2, 0.25) is 0 Å². The van der Waals surface area contributed by atoms with Gasteiger partial charge in [0.05, 0.1) is 12.7 Å². The van der Waals surface area contributed by atoms with Crippen LogP contribution in [0.15, 0.2) is 48.5 Å². The lowest BCUT2D eigenvalue weighted by Gasteiger charge is -2.12. The molecule has 2 aromatic rings. The number of amides is 1. The zero-order chi connectivity index (χ0) is 21.1. The number of hydrogen-bond acceptors (Lipinski definition) is 5. The standard InChI is InChI=1S/C22H28N2O4S/c1-4-26-12-13-27-20-7-5-6-18(14-20)21(25)24-22(29)23-15-17-8-10-19(11-9-17)28-16(2)3/h5-11,14,16H,4,12-13,15H2,1-3H3,(H2,23,24,25,29). The molecule has 0 saturated heterocycles. The summed E-state index contributed by atoms with van der Waals surface area (Å²) in [4.78, 5) is 12.4. The van der Waals surface area contributed by atoms with Gasteiger partial charge in [-0.15, -0.1) is 0 Å². The third-order valence-electron chi connectivity index (χ3n) is 3.77. The summed E-state index contributed by atoms with van der Waals surface area (Å²) < 4.78 is 16.4. The first-order chi connectivity index (χ1) is 14.0. The molecular formula is C22H28N2O4S. The van der Waals surface area contributed by atoms with Crippen LogP contribution in [-0.2, 0) is 11.3 Å². The normalized spacial score (nSPS) is 10.5. The minimum atomic E-state index is -0.293. The van der Waals surface area contributed by atoms with Gasteiger partial charge >= 0.3 is 0 Å². The van der Waals surface area contributed by atoms with E-state index in [0.717, 1.165) is 11.3 Å². The summed E-state index contributed by atoms with van der Waals surface area (Å²) in [6.45, 7) is 7.98. The average Bonchev–Trinajstić information content (AvgIpc) is 2.70. The van der Waals surface area contributed by atoms with Crippen molar-refractivity contribution in [1.29, 1.82) is 0 Å². The van der Waals surface area contributed by atoms with Gasteiger partial charge in [-0.3, -0.25) is 10.1 Å². The maximum absolute atomic E-state index is 12.4. The Morgan fingerprint density at radius 2 is 1.83 bits per heavy atom. The predicted octanol–water partition coefficient (Wildman–Crippen LogP) is 3.69. The quantitative estimate of drug-likeness (QED) is 0.455. The average molecular weight is 417 g/mol. The molecule has 0 heterocycles. The number of thiocarbonyl (C=S) groups is 1. The van der Waals surface area contributed by atoms with Gasteiger partial charge in [0.25, 0.3) is 5.91 Å². The third-order valence-corrected chi connectivity index (χ3v) is 4.02. The van der Waals surface area contributed by atoms with Crippen LogP contribution in [0.3, 0.4) is 0 Å². The Morgan fingerprint density at radius 3 is 2.52 bits per heavy atom. The summed E-state index contributed by atoms with van der Waals surface area (Å²) in [6.07, 6.45) is 0.135. The van der Waals surface area contributed by atoms with E-state index in [-0.39, 0.29) is 17.1 Å². The topological polar surface area (TPSA) is 68.8 Å². The molecule has 0 aliphatic rings. The highest BCUT2D eigenvalue weighted by Gasteiger charge is 2.09. The molecule has 2 N–H and O–H groups in total. The van der Waals surface area contributed by atoms with Crippen LogP contribution in [0.4, 0.5) is 0 Å². The predicted molar refractivity (Wildman–Crippen MR) is 118 cm³/mol. The second-order valence-corrected chi connectivity index (χ2v) is 6.93. The first-order valence-electron chi connectivity index (χ1n) is 9.63. The summed E-state index contributed by atoms with van der Waals surface area (Å²) in [5, 5.41) is 5.98. The SMILES string of the molecule is CCOCCOc1cccc(C(=O)NC(=S)NCc2ccc(OC(C)C)cc2)c1. The molecule has 0 saturated carbocycles. The van der Waals surface area contributed by atoms with Crippen molar-refractivity contribution >= 4 is 23.2 Å². The summed E-state index contributed by atoms with van der Waals surface area (Å²) in [6, 6.07) is 14.7. The second-order valence-electron chi connectivity index (χ2n) is 6.52. The molecule has 0 unspecified atom stereocenters. The molecule has 0 aromatic heterocycles. The highest BCUT2D eigenvalue weighted by Crippen LogP contribution is 2.14. The van der Waals surface area contributed by atoms with Gasteiger partial charge in [0.2, 0.25) is 0 Å². The molecule has 6 nitrogen and oxygen atoms in total. The first kappa shape index (κ1) is 22.6. The van der Waals surface area contributed by atoms with Gasteiger partial charge in [0.15, 0.2) is 5.11 Å². The molecule has 0 fully saturated rings. The van der Waals surface area contributed by atoms with Crippen molar-refractivity contribution in [3.05, 3.63) is 59.7 Å². The Kier molecular flexibility index (Phi) is 9.40. The van der Waals surface area contributed by atoms with Crippen molar-refractivity contribution in [2.45, 2.75) is 33.4 Å². The summed E-state index contributed by atoms with van der Waals surface area (Å²) in [5.41, 5.74) is 1.50. The van der Waals surface area contributed by atoms with E-state index in [1.165, 1.54) is 0 Å². The van der Waals surface area contributed by atoms with E-state index in [1.807, 2.05) is 45.0 Å². The maximum Gasteiger partial charge on any atom is 0.257 e. The molecule has 0 spiro atoms. The minimum Gasteiger partial charge on any atom is -0.491 e. The van der Waals surface area contributed by atoms with Crippen molar-refractivity contribution in [3.8, 4) is 11.5 Å². The smallest absolute Gasteiger partial charge is 0.257 e. The Balaban J connectivity index is 1.80. The van der Waals surface area contributed by atoms with Gasteiger partial charge in [-0.2, -0.15) is 0 Å². The highest BCUT2D eigenvalue weighted by atomic mass is 32.1. The maximum atomic E-state index is 12.4. The fraction of sp³-hybridized carbons (Fsp3) is 0.364. The van der Waals surface area contributed by atoms with Crippen molar-refractivity contribution in [2.75, 3.05) is 19.8 Å². The first-order valence-corrected chi connectivity index (χ1v) is 10.0. The van der Waals surface area contributed by atoms with Crippen molar-refractivity contribution in [1.82, 2.24) is 10.6 Å². The van der Waals surface area contributed by atoms with E-state index in [2.05, 4.69) is 10.6 Å². The number of nitrogens with one attached hydrogen (secondary N) is 2. The molecule has 1 amide bonds. The van der Waals surface area contributed by atoms with Crippen LogP contribution in [0.1, 0.15) is 36.7 Å². The van der Waals surface area contributed by atoms with Crippen LogP contribution >= 0.6 is 12.2 Å². The fourth-order valence-corrected chi connectivity index (χ4v) is 2.61. The van der Waals surface area contributed by atoms with E-state index in [9.17, 15) is 4.79 Å². The molecule has 0 atom stereocenters. The molecule has 2 rings (SSSR count). The van der Waals surface area contributed by atoms with Crippen LogP contribution < -0.4 is 20.1 Å². The van der Waals surface area contributed by atoms with Crippen molar-refractivity contribution in [2.24, 2.45) is 0 Å². The number of hydrogen-bond donors (Lipinski definition) is 2. The number of benzene rings is 2. The van der Waals surface area contributed by atoms with E-state index >= 15 is 0 Å². The molecule has 156 valence electrons. The fourth-order valence-electron chi connectivity index (χ4n) is 2.45. The Labute approximate surface area is 177 Å². The van der Waals surface area contributed by atoms with Gasteiger partial charge in [0, 0.05) is 18.7 Å². The van der Waals surface area contributed by atoms with E-state index < -0.39 is 0 Å². The van der Waals surface area contributed by atoms with Crippen LogP contribution in [0.5, 0.6) is 11.5 Å². The zero-order valence-corrected chi connectivity index (χ0v) is 17.9. The van der Waals surface area contributed by atoms with E-state index in [0.29, 0.717) is 37.7 Å². The molecule has 7 heteroatoms. The molecule has 0 aliphatic carbocycles. The van der Waals surface area contributed by atoms with E-state index in [4.69, 9.17) is 26.4 Å². The number of rotatable bonds is 10. The molecule has 2 aromatic carbocycles. The zero-order valence-electron chi connectivity index (χ0n) is 17.1. The van der Waals surface area contributed by atoms with Crippen molar-refractivity contribution in [3.63, 3.8) is 0 Å². The lowest BCUT2D eigenvalue weighted by Crippen LogP contribution is -2.38. The molecule has 29 heavy (non-hydrogen) atoms. The summed E-state index contributed by atoms with van der Waals surface area (Å²) in [7, 11) is 0. The Hall–Kier alpha value is -2.64. The second kappa shape index (κ2) is 12.0. The highest BCUT2D eigenvalue weighted by molar-refractivity contribution is 7.80. The summed E-state index contributed by atoms with van der Waals surface area (Å²) >= 11 is 5.23. The van der Waals surface area contributed by atoms with Gasteiger partial charge in [-0.05, 0) is 68.9 Å². The van der Waals surface area contributed by atoms with E-state index in [1.54, 1.807) is 24.3 Å². The lowest BCUT2D eigenvalue weighted by molar-refractivity contribution is 0.0975. The van der Waals surface area contributed by atoms with Crippen LogP contribution in [-0.4, -0.2) is 36.9 Å². The largest absolute Gasteiger partial charge is 0.491 e. The minimum absolute atomic E-state index is 0.135. The van der Waals surface area contributed by atoms with Crippen LogP contribution in [0, 0.1) is 0 Å². The van der Waals surface area contributed by atoms with Crippen molar-refractivity contribution < 1.29 is 19.0 Å². The lowest BCUT2D eigenvalue weighted by atomic mass is 10.2. The van der Waals surface area contributed by atoms with Crippen LogP contribution in [0.25, 0.3) is 0 Å². The van der Waals surface area contributed by atoms with Gasteiger partial charge in [-0.1, -0.05) is 18.2 Å². The number of ether oxygens (including phenoxy) is 3. The molecule has 0 bridgehead atoms. The monoisotopic (exact) mass is 416 g/mol. The summed E-state index contributed by atoms with van der Waals surface area (Å²) in [5.74, 6) is 1.14.